The normalized spacial score (nSPS) is 24.4. The maximum absolute atomic E-state index is 12.5. The fraction of sp³-hybridized carbons (Fsp3) is 0.562. The van der Waals surface area contributed by atoms with E-state index in [2.05, 4.69) is 29.8 Å². The Hall–Kier alpha value is -0.670. The molecule has 0 N–H and O–H groups in total. The Bertz CT molecular complexity index is 491. The molecule has 0 aliphatic carbocycles. The van der Waals surface area contributed by atoms with E-state index in [9.17, 15) is 4.79 Å². The average molecular weight is 325 g/mol. The lowest BCUT2D eigenvalue weighted by Gasteiger charge is -2.26. The smallest absolute Gasteiger partial charge is 0.143 e. The van der Waals surface area contributed by atoms with Gasteiger partial charge in [-0.3, -0.25) is 4.79 Å². The SMILES string of the molecule is CC1(C)CC(C(=O)Cc2cccc(Br)c2)C(C)(C)O1. The van der Waals surface area contributed by atoms with Crippen molar-refractivity contribution in [2.45, 2.75) is 51.7 Å². The summed E-state index contributed by atoms with van der Waals surface area (Å²) in [5.74, 6) is 0.246. The summed E-state index contributed by atoms with van der Waals surface area (Å²) in [7, 11) is 0. The third-order valence-corrected chi connectivity index (χ3v) is 4.22. The fourth-order valence-corrected chi connectivity index (χ4v) is 3.48. The lowest BCUT2D eigenvalue weighted by atomic mass is 9.82. The predicted molar refractivity (Wildman–Crippen MR) is 80.2 cm³/mol. The third kappa shape index (κ3) is 3.46. The number of carbonyl (C=O) groups is 1. The Labute approximate surface area is 123 Å². The maximum Gasteiger partial charge on any atom is 0.143 e. The second-order valence-electron chi connectivity index (χ2n) is 6.49. The monoisotopic (exact) mass is 324 g/mol. The molecular weight excluding hydrogens is 304 g/mol. The van der Waals surface area contributed by atoms with Crippen LogP contribution in [0.4, 0.5) is 0 Å². The molecule has 104 valence electrons. The summed E-state index contributed by atoms with van der Waals surface area (Å²) < 4.78 is 7.02. The van der Waals surface area contributed by atoms with Gasteiger partial charge in [-0.05, 0) is 51.8 Å². The van der Waals surface area contributed by atoms with E-state index in [1.165, 1.54) is 0 Å². The van der Waals surface area contributed by atoms with Gasteiger partial charge in [0.15, 0.2) is 0 Å². The number of carbonyl (C=O) groups excluding carboxylic acids is 1. The lowest BCUT2D eigenvalue weighted by molar-refractivity contribution is -0.128. The van der Waals surface area contributed by atoms with Crippen LogP contribution in [0, 0.1) is 5.92 Å². The molecule has 1 atom stereocenters. The van der Waals surface area contributed by atoms with Gasteiger partial charge in [0.2, 0.25) is 0 Å². The first-order chi connectivity index (χ1) is 8.70. The van der Waals surface area contributed by atoms with Gasteiger partial charge in [-0.1, -0.05) is 28.1 Å². The third-order valence-electron chi connectivity index (χ3n) is 3.73. The zero-order chi connectivity index (χ0) is 14.3. The Morgan fingerprint density at radius 3 is 2.58 bits per heavy atom. The first-order valence-electron chi connectivity index (χ1n) is 6.67. The molecule has 2 rings (SSSR count). The zero-order valence-electron chi connectivity index (χ0n) is 12.0. The van der Waals surface area contributed by atoms with Crippen molar-refractivity contribution in [3.05, 3.63) is 34.3 Å². The van der Waals surface area contributed by atoms with Crippen molar-refractivity contribution in [2.24, 2.45) is 5.92 Å². The molecular formula is C16H21BrO2. The molecule has 19 heavy (non-hydrogen) atoms. The van der Waals surface area contributed by atoms with Crippen LogP contribution >= 0.6 is 15.9 Å². The van der Waals surface area contributed by atoms with Gasteiger partial charge in [0, 0.05) is 16.8 Å². The summed E-state index contributed by atoms with van der Waals surface area (Å²) in [6, 6.07) is 7.94. The Balaban J connectivity index is 2.12. The zero-order valence-corrected chi connectivity index (χ0v) is 13.6. The van der Waals surface area contributed by atoms with Crippen LogP contribution in [-0.4, -0.2) is 17.0 Å². The van der Waals surface area contributed by atoms with E-state index in [0.29, 0.717) is 6.42 Å². The number of hydrogen-bond donors (Lipinski definition) is 0. The molecule has 0 saturated carbocycles. The molecule has 2 nitrogen and oxygen atoms in total. The average Bonchev–Trinajstić information content (AvgIpc) is 2.46. The maximum atomic E-state index is 12.5. The van der Waals surface area contributed by atoms with Gasteiger partial charge in [-0.2, -0.15) is 0 Å². The Morgan fingerprint density at radius 1 is 1.37 bits per heavy atom. The van der Waals surface area contributed by atoms with Gasteiger partial charge in [-0.25, -0.2) is 0 Å². The highest BCUT2D eigenvalue weighted by Crippen LogP contribution is 2.42. The predicted octanol–water partition coefficient (Wildman–Crippen LogP) is 4.15. The van der Waals surface area contributed by atoms with Crippen LogP contribution in [0.3, 0.4) is 0 Å². The van der Waals surface area contributed by atoms with Crippen molar-refractivity contribution in [1.29, 1.82) is 0 Å². The fourth-order valence-electron chi connectivity index (χ4n) is 3.04. The van der Waals surface area contributed by atoms with Crippen molar-refractivity contribution >= 4 is 21.7 Å². The van der Waals surface area contributed by atoms with Crippen molar-refractivity contribution in [1.82, 2.24) is 0 Å². The van der Waals surface area contributed by atoms with E-state index in [4.69, 9.17) is 4.74 Å². The molecule has 3 heteroatoms. The minimum absolute atomic E-state index is 0.0264. The summed E-state index contributed by atoms with van der Waals surface area (Å²) >= 11 is 3.44. The number of Topliss-reactive ketones (excluding diaryl/α,β-unsaturated/α-hetero) is 1. The van der Waals surface area contributed by atoms with E-state index >= 15 is 0 Å². The van der Waals surface area contributed by atoms with Gasteiger partial charge in [0.25, 0.3) is 0 Å². The minimum atomic E-state index is -0.368. The number of rotatable bonds is 3. The van der Waals surface area contributed by atoms with Gasteiger partial charge in [0.05, 0.1) is 11.2 Å². The molecule has 1 saturated heterocycles. The van der Waals surface area contributed by atoms with Crippen LogP contribution in [0.5, 0.6) is 0 Å². The standard InChI is InChI=1S/C16H21BrO2/c1-15(2)10-13(16(3,4)19-15)14(18)9-11-6-5-7-12(17)8-11/h5-8,13H,9-10H2,1-4H3. The second kappa shape index (κ2) is 5.02. The first-order valence-corrected chi connectivity index (χ1v) is 7.46. The van der Waals surface area contributed by atoms with Crippen molar-refractivity contribution in [2.75, 3.05) is 0 Å². The van der Waals surface area contributed by atoms with E-state index < -0.39 is 0 Å². The highest BCUT2D eigenvalue weighted by atomic mass is 79.9. The van der Waals surface area contributed by atoms with Crippen LogP contribution in [-0.2, 0) is 16.0 Å². The van der Waals surface area contributed by atoms with Gasteiger partial charge in [-0.15, -0.1) is 0 Å². The summed E-state index contributed by atoms with van der Waals surface area (Å²) in [6.07, 6.45) is 1.28. The van der Waals surface area contributed by atoms with Gasteiger partial charge < -0.3 is 4.74 Å². The molecule has 1 heterocycles. The van der Waals surface area contributed by atoms with E-state index in [0.717, 1.165) is 16.5 Å². The van der Waals surface area contributed by atoms with Crippen molar-refractivity contribution < 1.29 is 9.53 Å². The number of halogens is 1. The van der Waals surface area contributed by atoms with Crippen LogP contribution < -0.4 is 0 Å². The topological polar surface area (TPSA) is 26.3 Å². The van der Waals surface area contributed by atoms with Gasteiger partial charge >= 0.3 is 0 Å². The number of hydrogen-bond acceptors (Lipinski definition) is 2. The molecule has 0 bridgehead atoms. The summed E-state index contributed by atoms with van der Waals surface area (Å²) in [5.41, 5.74) is 0.480. The van der Waals surface area contributed by atoms with Crippen LogP contribution in [0.25, 0.3) is 0 Å². The molecule has 1 unspecified atom stereocenters. The second-order valence-corrected chi connectivity index (χ2v) is 7.41. The van der Waals surface area contributed by atoms with Crippen LogP contribution in [0.1, 0.15) is 39.7 Å². The van der Waals surface area contributed by atoms with Crippen molar-refractivity contribution in [3.8, 4) is 0 Å². The molecule has 1 aromatic rings. The molecule has 1 fully saturated rings. The largest absolute Gasteiger partial charge is 0.369 e. The molecule has 0 radical (unpaired) electrons. The molecule has 0 aromatic heterocycles. The van der Waals surface area contributed by atoms with E-state index in [1.807, 2.05) is 38.1 Å². The molecule has 0 spiro atoms. The lowest BCUT2D eigenvalue weighted by Crippen LogP contribution is -2.34. The molecule has 0 amide bonds. The molecule has 1 aromatic carbocycles. The summed E-state index contributed by atoms with van der Waals surface area (Å²) in [5, 5.41) is 0. The minimum Gasteiger partial charge on any atom is -0.369 e. The number of ether oxygens (including phenoxy) is 1. The Morgan fingerprint density at radius 2 is 2.05 bits per heavy atom. The van der Waals surface area contributed by atoms with E-state index in [-0.39, 0.29) is 22.9 Å². The quantitative estimate of drug-likeness (QED) is 0.834. The number of ketones is 1. The highest BCUT2D eigenvalue weighted by Gasteiger charge is 2.48. The summed E-state index contributed by atoms with van der Waals surface area (Å²) in [4.78, 5) is 12.5. The Kier molecular flexibility index (Phi) is 3.90. The number of benzene rings is 1. The van der Waals surface area contributed by atoms with Crippen LogP contribution in [0.15, 0.2) is 28.7 Å². The van der Waals surface area contributed by atoms with Gasteiger partial charge in [0.1, 0.15) is 5.78 Å². The molecule has 1 aliphatic heterocycles. The first kappa shape index (κ1) is 14.7. The summed E-state index contributed by atoms with van der Waals surface area (Å²) in [6.45, 7) is 8.15. The van der Waals surface area contributed by atoms with Crippen molar-refractivity contribution in [3.63, 3.8) is 0 Å². The highest BCUT2D eigenvalue weighted by molar-refractivity contribution is 9.10. The molecule has 1 aliphatic rings. The van der Waals surface area contributed by atoms with E-state index in [1.54, 1.807) is 0 Å². The van der Waals surface area contributed by atoms with Crippen LogP contribution in [0.2, 0.25) is 0 Å².